The average Bonchev–Trinajstić information content (AvgIpc) is 0.902. The van der Waals surface area contributed by atoms with Crippen LogP contribution in [0.25, 0.3) is 150 Å². The molecule has 3 heterocycles. The molecule has 13 aromatic carbocycles. The Morgan fingerprint density at radius 2 is 0.750 bits per heavy atom. The van der Waals surface area contributed by atoms with E-state index in [1.165, 1.54) is 139 Å². The topological polar surface area (TPSA) is 195 Å². The van der Waals surface area contributed by atoms with Crippen molar-refractivity contribution in [2.45, 2.75) is 196 Å². The maximum Gasteiger partial charge on any atom is 0.191 e. The molecule has 124 heavy (non-hydrogen) atoms. The van der Waals surface area contributed by atoms with E-state index >= 15 is 0 Å². The lowest BCUT2D eigenvalue weighted by molar-refractivity contribution is 0.232. The summed E-state index contributed by atoms with van der Waals surface area (Å²) in [6.45, 7) is 18.7. The molecule has 18 rings (SSSR count). The molecular formula is C107H111N9O5S3. The smallest absolute Gasteiger partial charge is 0.191 e. The van der Waals surface area contributed by atoms with E-state index in [1.807, 2.05) is 48.5 Å². The van der Waals surface area contributed by atoms with Gasteiger partial charge in [-0.15, -0.1) is 0 Å². The second kappa shape index (κ2) is 41.0. The van der Waals surface area contributed by atoms with Crippen LogP contribution in [0.1, 0.15) is 176 Å². The fraction of sp³-hybridized carbons (Fsp3) is 0.318. The van der Waals surface area contributed by atoms with Crippen LogP contribution in [-0.4, -0.2) is 89.6 Å². The zero-order valence-corrected chi connectivity index (χ0v) is 74.6. The van der Waals surface area contributed by atoms with E-state index in [2.05, 4.69) is 206 Å². The van der Waals surface area contributed by atoms with Gasteiger partial charge in [-0.3, -0.25) is 0 Å². The highest BCUT2D eigenvalue weighted by molar-refractivity contribution is 8.00. The summed E-state index contributed by atoms with van der Waals surface area (Å²) in [5, 5.41) is 52.6. The highest BCUT2D eigenvalue weighted by Crippen LogP contribution is 2.45. The fourth-order valence-corrected chi connectivity index (χ4v) is 20.9. The molecule has 3 aromatic heterocycles. The molecule has 0 spiro atoms. The van der Waals surface area contributed by atoms with Gasteiger partial charge in [0.05, 0.1) is 29.9 Å². The number of hydrogen-bond acceptors (Lipinski definition) is 17. The Hall–Kier alpha value is -11.2. The lowest BCUT2D eigenvalue weighted by atomic mass is 9.92. The number of phenols is 3. The van der Waals surface area contributed by atoms with Crippen LogP contribution in [0.3, 0.4) is 0 Å². The number of fused-ring (bicyclic) bond motifs is 6. The van der Waals surface area contributed by atoms with Crippen LogP contribution >= 0.6 is 35.3 Å². The molecule has 2 aliphatic rings. The molecule has 16 aromatic rings. The van der Waals surface area contributed by atoms with Crippen LogP contribution < -0.4 is 9.47 Å². The number of nitrogens with zero attached hydrogens (tertiary/aromatic N) is 9. The van der Waals surface area contributed by atoms with Crippen LogP contribution in [0, 0.1) is 17.8 Å². The Labute approximate surface area is 741 Å². The van der Waals surface area contributed by atoms with Crippen molar-refractivity contribution in [3.8, 4) is 97.1 Å². The summed E-state index contributed by atoms with van der Waals surface area (Å²) in [5.41, 5.74) is 5.74. The Morgan fingerprint density at radius 1 is 0.347 bits per heavy atom. The normalized spacial score (nSPS) is 13.9. The van der Waals surface area contributed by atoms with Gasteiger partial charge in [0.2, 0.25) is 0 Å². The summed E-state index contributed by atoms with van der Waals surface area (Å²) >= 11 is 5.17. The van der Waals surface area contributed by atoms with Gasteiger partial charge in [0.25, 0.3) is 0 Å². The largest absolute Gasteiger partial charge is 0.507 e. The number of ether oxygens (including phenoxy) is 2. The van der Waals surface area contributed by atoms with Crippen molar-refractivity contribution in [1.82, 2.24) is 44.9 Å². The van der Waals surface area contributed by atoms with Crippen molar-refractivity contribution in [2.24, 2.45) is 17.8 Å². The van der Waals surface area contributed by atoms with Gasteiger partial charge < -0.3 is 24.8 Å². The molecule has 2 fully saturated rings. The lowest BCUT2D eigenvalue weighted by Gasteiger charge is -2.16. The predicted octanol–water partition coefficient (Wildman–Crippen LogP) is 29.5. The van der Waals surface area contributed by atoms with E-state index in [0.29, 0.717) is 120 Å². The summed E-state index contributed by atoms with van der Waals surface area (Å²) in [4.78, 5) is 44.6. The van der Waals surface area contributed by atoms with Crippen molar-refractivity contribution in [3.63, 3.8) is 0 Å². The highest BCUT2D eigenvalue weighted by Gasteiger charge is 2.27. The maximum atomic E-state index is 11.2. The molecule has 17 heteroatoms. The van der Waals surface area contributed by atoms with Gasteiger partial charge >= 0.3 is 0 Å². The molecule has 2 saturated carbocycles. The minimum atomic E-state index is 0.117. The summed E-state index contributed by atoms with van der Waals surface area (Å²) < 4.78 is 12.2. The Bertz CT molecular complexity index is 6400. The van der Waals surface area contributed by atoms with Crippen molar-refractivity contribution in [2.75, 3.05) is 19.0 Å². The van der Waals surface area contributed by atoms with Crippen LogP contribution in [0.2, 0.25) is 0 Å². The molecule has 3 unspecified atom stereocenters. The monoisotopic (exact) mass is 1700 g/mol. The number of rotatable bonds is 32. The summed E-state index contributed by atoms with van der Waals surface area (Å²) in [7, 11) is 0. The van der Waals surface area contributed by atoms with Crippen molar-refractivity contribution >= 4 is 117 Å². The van der Waals surface area contributed by atoms with Crippen LogP contribution in [0.5, 0.6) is 28.7 Å². The van der Waals surface area contributed by atoms with E-state index in [1.54, 1.807) is 53.5 Å². The number of thioether (sulfide) groups is 3. The zero-order chi connectivity index (χ0) is 85.4. The predicted molar refractivity (Wildman–Crippen MR) is 519 cm³/mol. The SMILES string of the molecule is C=Cc1cccc2c1cc(-c1nc(SCC(CC)CCCC)nc(-c3ccccc3O)n1)c1ccccc12.CCCCC(CC)COc1ccc(-c2nc(SC3CCCC3)nc(-c3cc4ccccc4c4ccccc34)n2)c(O)c1.CCCCC(CC)COc1ccc(-c2nc(SC3CCCC3)nc(-c3ccc4ccc5cccc6ccc3c4c56)n2)c(O)c1. The molecule has 3 atom stereocenters. The number of para-hydroxylation sites is 1. The van der Waals surface area contributed by atoms with Gasteiger partial charge in [-0.2, -0.15) is 0 Å². The van der Waals surface area contributed by atoms with E-state index in [0.717, 1.165) is 92.4 Å². The van der Waals surface area contributed by atoms with Crippen LogP contribution in [-0.2, 0) is 0 Å². The third-order valence-corrected chi connectivity index (χ3v) is 28.3. The molecule has 2 aliphatic carbocycles. The summed E-state index contributed by atoms with van der Waals surface area (Å²) in [6.07, 6.45) is 25.7. The first kappa shape index (κ1) is 86.3. The minimum Gasteiger partial charge on any atom is -0.507 e. The van der Waals surface area contributed by atoms with Gasteiger partial charge in [0.1, 0.15) is 28.7 Å². The molecule has 0 aliphatic heterocycles. The number of unbranched alkanes of at least 4 members (excludes halogenated alkanes) is 3. The molecule has 0 radical (unpaired) electrons. The quantitative estimate of drug-likeness (QED) is 0.0266. The van der Waals surface area contributed by atoms with E-state index in [4.69, 9.17) is 54.3 Å². The number of hydrogen-bond donors (Lipinski definition) is 3. The van der Waals surface area contributed by atoms with Crippen molar-refractivity contribution in [3.05, 3.63) is 231 Å². The van der Waals surface area contributed by atoms with Gasteiger partial charge in [0, 0.05) is 45.1 Å². The van der Waals surface area contributed by atoms with E-state index in [-0.39, 0.29) is 17.2 Å². The second-order valence-electron chi connectivity index (χ2n) is 33.2. The molecule has 0 bridgehead atoms. The van der Waals surface area contributed by atoms with E-state index < -0.39 is 0 Å². The van der Waals surface area contributed by atoms with Gasteiger partial charge in [-0.25, -0.2) is 44.9 Å². The Morgan fingerprint density at radius 3 is 1.27 bits per heavy atom. The first-order valence-electron chi connectivity index (χ1n) is 45.0. The van der Waals surface area contributed by atoms with Gasteiger partial charge in [0.15, 0.2) is 50.4 Å². The van der Waals surface area contributed by atoms with Gasteiger partial charge in [-0.05, 0) is 198 Å². The molecular weight excluding hydrogens is 1590 g/mol. The molecule has 3 N–H and O–H groups in total. The number of aromatic nitrogens is 9. The standard InChI is InChI=1S/C38H39N3O2S.C36H39N3O2S.C33H33N3OS/c1-3-5-9-24(4-2)23-43-28-18-21-32(33(42)22-28)37-39-36(40-38(41-37)44-29-12-6-7-13-29)31-20-17-27-15-14-25-10-8-11-26-16-19-30(31)35(27)34(25)26;1-3-5-12-24(4-2)23-41-26-19-20-31(33(40)22-26)34-37-35(39-36(38-34)42-27-14-7-8-15-27)32-21-25-13-6-9-16-28(25)29-17-10-11-18-30(29)32;1-4-7-13-22(5-2)21-38-33-35-31(27-17-10-11-19-30(27)37)34-32(36-33)29-20-28-23(6-3)14-12-18-25(28)24-15-8-9-16-26(24)29/h8,10-11,14-22,24,29,42H,3-7,9,12-13,23H2,1-2H3;6,9-11,13,16-22,24,27,40H,3-5,7-8,12,14-15,23H2,1-2H3;6,8-12,14-20,22,37H,3-5,7,13,21H2,1-2H3. The third-order valence-electron chi connectivity index (χ3n) is 24.8. The Balaban J connectivity index is 0.000000138. The molecule has 0 saturated heterocycles. The maximum absolute atomic E-state index is 11.2. The van der Waals surface area contributed by atoms with E-state index in [9.17, 15) is 15.3 Å². The molecule has 0 amide bonds. The molecule has 632 valence electrons. The average molecular weight is 1700 g/mol. The first-order chi connectivity index (χ1) is 60.9. The minimum absolute atomic E-state index is 0.117. The van der Waals surface area contributed by atoms with Crippen LogP contribution in [0.15, 0.2) is 240 Å². The summed E-state index contributed by atoms with van der Waals surface area (Å²) in [5.74, 6) is 7.67. The number of benzene rings is 13. The van der Waals surface area contributed by atoms with Crippen LogP contribution in [0.4, 0.5) is 0 Å². The lowest BCUT2D eigenvalue weighted by Crippen LogP contribution is -2.11. The Kier molecular flexibility index (Phi) is 28.6. The summed E-state index contributed by atoms with van der Waals surface area (Å²) in [6, 6.07) is 73.7. The first-order valence-corrected chi connectivity index (χ1v) is 47.7. The molecule has 14 nitrogen and oxygen atoms in total. The zero-order valence-electron chi connectivity index (χ0n) is 72.1. The third kappa shape index (κ3) is 19.9. The number of aromatic hydroxyl groups is 3. The number of phenolic OH excluding ortho intramolecular Hbond substituents is 3. The van der Waals surface area contributed by atoms with Gasteiger partial charge in [-0.1, -0.05) is 325 Å². The van der Waals surface area contributed by atoms with Crippen molar-refractivity contribution < 1.29 is 24.8 Å². The fourth-order valence-electron chi connectivity index (χ4n) is 17.5. The second-order valence-corrected chi connectivity index (χ2v) is 36.7. The van der Waals surface area contributed by atoms with Crippen molar-refractivity contribution in [1.29, 1.82) is 0 Å². The highest BCUT2D eigenvalue weighted by atomic mass is 32.2.